The summed E-state index contributed by atoms with van der Waals surface area (Å²) in [5.74, 6) is -4.42. The quantitative estimate of drug-likeness (QED) is 0.216. The lowest BCUT2D eigenvalue weighted by atomic mass is 10.0. The molecule has 0 aromatic heterocycles. The van der Waals surface area contributed by atoms with Crippen molar-refractivity contribution in [2.24, 2.45) is 5.73 Å². The van der Waals surface area contributed by atoms with Crippen molar-refractivity contribution in [2.45, 2.75) is 62.1 Å². The van der Waals surface area contributed by atoms with Crippen LogP contribution in [0.25, 0.3) is 0 Å². The molecule has 0 saturated carbocycles. The molecule has 3 aromatic rings. The van der Waals surface area contributed by atoms with E-state index in [-0.39, 0.29) is 43.9 Å². The molecule has 5 rings (SSSR count). The number of phenolic OH excluding ortho intramolecular Hbond substituents is 1. The molecule has 0 radical (unpaired) electrons. The zero-order valence-electron chi connectivity index (χ0n) is 26.1. The van der Waals surface area contributed by atoms with Gasteiger partial charge >= 0.3 is 12.1 Å². The number of benzene rings is 3. The van der Waals surface area contributed by atoms with Gasteiger partial charge in [0, 0.05) is 25.4 Å². The lowest BCUT2D eigenvalue weighted by Gasteiger charge is -2.29. The fourth-order valence-electron chi connectivity index (χ4n) is 5.58. The lowest BCUT2D eigenvalue weighted by Crippen LogP contribution is -2.59. The topological polar surface area (TPSA) is 191 Å². The van der Waals surface area contributed by atoms with Gasteiger partial charge in [0.25, 0.3) is 0 Å². The number of hydrogen-bond donors (Lipinski definition) is 6. The summed E-state index contributed by atoms with van der Waals surface area (Å²) in [6, 6.07) is 20.9. The molecule has 15 heteroatoms. The highest BCUT2D eigenvalue weighted by atomic mass is 19.4. The first-order valence-corrected chi connectivity index (χ1v) is 15.3. The molecule has 4 amide bonds. The predicted molar refractivity (Wildman–Crippen MR) is 170 cm³/mol. The number of nitrogens with two attached hydrogens (primary N) is 1. The highest BCUT2D eigenvalue weighted by molar-refractivity contribution is 5.96. The van der Waals surface area contributed by atoms with Crippen LogP contribution in [0.3, 0.4) is 0 Å². The Morgan fingerprint density at radius 1 is 0.776 bits per heavy atom. The van der Waals surface area contributed by atoms with E-state index in [0.29, 0.717) is 0 Å². The monoisotopic (exact) mass is 683 g/mol. The molecule has 2 bridgehead atoms. The second kappa shape index (κ2) is 16.1. The van der Waals surface area contributed by atoms with Crippen molar-refractivity contribution in [2.75, 3.05) is 6.54 Å². The summed E-state index contributed by atoms with van der Waals surface area (Å²) in [4.78, 5) is 64.7. The number of alkyl halides is 3. The van der Waals surface area contributed by atoms with Crippen LogP contribution in [-0.2, 0) is 43.2 Å². The van der Waals surface area contributed by atoms with Crippen LogP contribution >= 0.6 is 0 Å². The van der Waals surface area contributed by atoms with Gasteiger partial charge in [0.2, 0.25) is 23.6 Å². The smallest absolute Gasteiger partial charge is 0.490 e. The summed E-state index contributed by atoms with van der Waals surface area (Å²) in [5, 5.41) is 25.4. The van der Waals surface area contributed by atoms with E-state index in [0.717, 1.165) is 16.7 Å². The summed E-state index contributed by atoms with van der Waals surface area (Å²) in [5.41, 5.74) is 8.78. The number of amides is 4. The number of carbonyl (C=O) groups excluding carboxylic acids is 4. The number of carboxylic acid groups (broad SMARTS) is 1. The SMILES string of the molecule is N[C@@H](Cc1ccc(O)cc1)C(=O)N1C[C@H]2C[C@@H]1C(=O)N[C@H](Cc1ccccc1)C(=O)N[C@H](Cc1ccccc1)C(=O)N2.O=C(O)C(F)(F)F. The van der Waals surface area contributed by atoms with E-state index in [4.69, 9.17) is 15.6 Å². The molecular formula is C34H36F3N5O7. The van der Waals surface area contributed by atoms with Crippen molar-refractivity contribution in [1.29, 1.82) is 0 Å². The number of likely N-dealkylation sites (tertiary alicyclic amines) is 1. The average Bonchev–Trinajstić information content (AvgIpc) is 3.48. The van der Waals surface area contributed by atoms with E-state index >= 15 is 0 Å². The fraction of sp³-hybridized carbons (Fsp3) is 0.324. The number of aliphatic carboxylic acids is 1. The molecule has 2 fully saturated rings. The van der Waals surface area contributed by atoms with Gasteiger partial charge in [-0.2, -0.15) is 13.2 Å². The zero-order chi connectivity index (χ0) is 35.7. The first-order valence-electron chi connectivity index (χ1n) is 15.3. The highest BCUT2D eigenvalue weighted by Gasteiger charge is 2.44. The molecule has 2 saturated heterocycles. The maximum atomic E-state index is 13.7. The molecule has 2 heterocycles. The Balaban J connectivity index is 0.000000698. The Hall–Kier alpha value is -5.44. The molecule has 0 aliphatic carbocycles. The normalized spacial score (nSPS) is 21.6. The number of carboxylic acids is 1. The van der Waals surface area contributed by atoms with Gasteiger partial charge in [-0.15, -0.1) is 0 Å². The first kappa shape index (κ1) is 36.4. The minimum atomic E-state index is -5.08. The number of phenols is 1. The van der Waals surface area contributed by atoms with E-state index in [9.17, 15) is 37.5 Å². The van der Waals surface area contributed by atoms with Crippen LogP contribution in [-0.4, -0.2) is 87.6 Å². The van der Waals surface area contributed by atoms with Crippen molar-refractivity contribution >= 4 is 29.6 Å². The zero-order valence-corrected chi connectivity index (χ0v) is 26.1. The van der Waals surface area contributed by atoms with E-state index in [1.54, 1.807) is 12.1 Å². The largest absolute Gasteiger partial charge is 0.508 e. The van der Waals surface area contributed by atoms with Gasteiger partial charge in [0.05, 0.1) is 6.04 Å². The Labute approximate surface area is 279 Å². The van der Waals surface area contributed by atoms with Gasteiger partial charge in [-0.25, -0.2) is 4.79 Å². The van der Waals surface area contributed by atoms with Crippen molar-refractivity contribution in [1.82, 2.24) is 20.9 Å². The van der Waals surface area contributed by atoms with Crippen LogP contribution in [0.2, 0.25) is 0 Å². The van der Waals surface area contributed by atoms with E-state index in [1.165, 1.54) is 17.0 Å². The van der Waals surface area contributed by atoms with Crippen molar-refractivity contribution in [3.8, 4) is 5.75 Å². The summed E-state index contributed by atoms with van der Waals surface area (Å²) in [7, 11) is 0. The third kappa shape index (κ3) is 10.3. The molecule has 12 nitrogen and oxygen atoms in total. The number of nitrogens with one attached hydrogen (secondary N) is 3. The summed E-state index contributed by atoms with van der Waals surface area (Å²) >= 11 is 0. The highest BCUT2D eigenvalue weighted by Crippen LogP contribution is 2.22. The molecule has 5 atom stereocenters. The van der Waals surface area contributed by atoms with Crippen molar-refractivity contribution < 1.29 is 47.4 Å². The Morgan fingerprint density at radius 2 is 1.24 bits per heavy atom. The minimum Gasteiger partial charge on any atom is -0.508 e. The molecule has 2 aliphatic heterocycles. The van der Waals surface area contributed by atoms with Gasteiger partial charge in [0.1, 0.15) is 23.9 Å². The Kier molecular flexibility index (Phi) is 12.0. The summed E-state index contributed by atoms with van der Waals surface area (Å²) < 4.78 is 31.7. The number of nitrogens with zero attached hydrogens (tertiary/aromatic N) is 1. The Morgan fingerprint density at radius 3 is 1.73 bits per heavy atom. The number of aromatic hydroxyl groups is 1. The van der Waals surface area contributed by atoms with Gasteiger partial charge < -0.3 is 36.8 Å². The van der Waals surface area contributed by atoms with E-state index in [2.05, 4.69) is 16.0 Å². The standard InChI is InChI=1S/C32H35N5O5.C2HF3O2/c33-25(15-22-11-13-24(38)14-12-22)32(42)37-19-23-18-28(37)31(41)36-27(17-21-9-5-2-6-10-21)30(40)35-26(29(39)34-23)16-20-7-3-1-4-8-20;3-2(4,5)1(6)7/h1-14,23,25-28,38H,15-19,33H2,(H,34,39)(H,35,40)(H,36,41);(H,6,7)/t23-,25+,26-,27-,28-;/m1./s1. The van der Waals surface area contributed by atoms with Crippen molar-refractivity contribution in [3.63, 3.8) is 0 Å². The first-order chi connectivity index (χ1) is 23.2. The maximum absolute atomic E-state index is 13.7. The second-order valence-electron chi connectivity index (χ2n) is 11.7. The number of halogens is 3. The third-order valence-electron chi connectivity index (χ3n) is 8.02. The van der Waals surface area contributed by atoms with Gasteiger partial charge in [0.15, 0.2) is 0 Å². The van der Waals surface area contributed by atoms with Crippen LogP contribution < -0.4 is 21.7 Å². The molecule has 260 valence electrons. The van der Waals surface area contributed by atoms with Gasteiger partial charge in [-0.3, -0.25) is 19.2 Å². The fourth-order valence-corrected chi connectivity index (χ4v) is 5.58. The number of hydrogen-bond acceptors (Lipinski definition) is 7. The van der Waals surface area contributed by atoms with Crippen LogP contribution in [0.4, 0.5) is 13.2 Å². The number of carbonyl (C=O) groups is 5. The minimum absolute atomic E-state index is 0.106. The van der Waals surface area contributed by atoms with Crippen LogP contribution in [0.15, 0.2) is 84.9 Å². The summed E-state index contributed by atoms with van der Waals surface area (Å²) in [6.45, 7) is 0.112. The molecule has 0 spiro atoms. The third-order valence-corrected chi connectivity index (χ3v) is 8.02. The van der Waals surface area contributed by atoms with Gasteiger partial charge in [-0.1, -0.05) is 72.8 Å². The lowest BCUT2D eigenvalue weighted by molar-refractivity contribution is -0.192. The molecule has 0 unspecified atom stereocenters. The van der Waals surface area contributed by atoms with Crippen LogP contribution in [0.5, 0.6) is 5.75 Å². The molecular weight excluding hydrogens is 647 g/mol. The molecule has 2 aliphatic rings. The Bertz CT molecular complexity index is 1620. The average molecular weight is 684 g/mol. The summed E-state index contributed by atoms with van der Waals surface area (Å²) in [6.07, 6.45) is -4.21. The van der Waals surface area contributed by atoms with Crippen LogP contribution in [0, 0.1) is 0 Å². The van der Waals surface area contributed by atoms with E-state index in [1.807, 2.05) is 60.7 Å². The molecule has 7 N–H and O–H groups in total. The molecule has 3 aromatic carbocycles. The molecule has 49 heavy (non-hydrogen) atoms. The van der Waals surface area contributed by atoms with E-state index < -0.39 is 60.1 Å². The number of fused-ring (bicyclic) bond motifs is 2. The van der Waals surface area contributed by atoms with Crippen LogP contribution in [0.1, 0.15) is 23.1 Å². The predicted octanol–water partition coefficient (Wildman–Crippen LogP) is 1.45. The van der Waals surface area contributed by atoms with Crippen molar-refractivity contribution in [3.05, 3.63) is 102 Å². The maximum Gasteiger partial charge on any atom is 0.490 e. The second-order valence-corrected chi connectivity index (χ2v) is 11.7. The number of rotatable bonds is 7. The van der Waals surface area contributed by atoms with Gasteiger partial charge in [-0.05, 0) is 41.7 Å².